The molecule has 0 saturated heterocycles. The zero-order chi connectivity index (χ0) is 12.9. The lowest BCUT2D eigenvalue weighted by atomic mass is 10.2. The molecule has 1 aromatic rings. The number of hydrogen-bond acceptors (Lipinski definition) is 5. The summed E-state index contributed by atoms with van der Waals surface area (Å²) in [4.78, 5) is 6.76. The highest BCUT2D eigenvalue weighted by atomic mass is 32.2. The molecule has 0 unspecified atom stereocenters. The molecule has 0 aliphatic rings. The summed E-state index contributed by atoms with van der Waals surface area (Å²) in [6, 6.07) is 5.19. The van der Waals surface area contributed by atoms with Gasteiger partial charge in [-0.1, -0.05) is 11.0 Å². The Kier molecular flexibility index (Phi) is 4.73. The maximum Gasteiger partial charge on any atom is 0.230 e. The quantitative estimate of drug-likeness (QED) is 0.762. The Morgan fingerprint density at radius 1 is 1.18 bits per heavy atom. The van der Waals surface area contributed by atoms with E-state index in [0.29, 0.717) is 11.5 Å². The fourth-order valence-electron chi connectivity index (χ4n) is 1.19. The predicted molar refractivity (Wildman–Crippen MR) is 62.3 cm³/mol. The standard InChI is InChI=1S/C10H15NO5S/c1-14-9-5-4-8(6-10(9)15-2)7-16-11-17(3,12)13/h4-6,11H,7H2,1-3H3. The van der Waals surface area contributed by atoms with Crippen molar-refractivity contribution in [2.24, 2.45) is 0 Å². The maximum atomic E-state index is 10.8. The largest absolute Gasteiger partial charge is 0.493 e. The van der Waals surface area contributed by atoms with Crippen LogP contribution in [0.5, 0.6) is 11.5 Å². The Labute approximate surface area is 100 Å². The number of ether oxygens (including phenoxy) is 2. The fraction of sp³-hybridized carbons (Fsp3) is 0.400. The Morgan fingerprint density at radius 3 is 2.35 bits per heavy atom. The Balaban J connectivity index is 2.66. The molecule has 6 nitrogen and oxygen atoms in total. The summed E-state index contributed by atoms with van der Waals surface area (Å²) in [6.45, 7) is 0.105. The SMILES string of the molecule is COc1ccc(CONS(C)(=O)=O)cc1OC. The molecular formula is C10H15NO5S. The highest BCUT2D eigenvalue weighted by Gasteiger charge is 2.05. The number of sulfonamides is 1. The van der Waals surface area contributed by atoms with Gasteiger partial charge in [0.2, 0.25) is 10.0 Å². The average molecular weight is 261 g/mol. The lowest BCUT2D eigenvalue weighted by Gasteiger charge is -2.09. The average Bonchev–Trinajstić information content (AvgIpc) is 2.27. The van der Waals surface area contributed by atoms with Crippen LogP contribution in [0, 0.1) is 0 Å². The summed E-state index contributed by atoms with van der Waals surface area (Å²) in [5.74, 6) is 1.17. The monoisotopic (exact) mass is 261 g/mol. The molecule has 0 saturated carbocycles. The molecule has 0 fully saturated rings. The van der Waals surface area contributed by atoms with E-state index in [9.17, 15) is 8.42 Å². The Hall–Kier alpha value is -1.31. The van der Waals surface area contributed by atoms with E-state index in [1.54, 1.807) is 25.3 Å². The first kappa shape index (κ1) is 13.8. The van der Waals surface area contributed by atoms with Crippen LogP contribution in [0.15, 0.2) is 18.2 Å². The summed E-state index contributed by atoms with van der Waals surface area (Å²) >= 11 is 0. The van der Waals surface area contributed by atoms with Crippen molar-refractivity contribution in [1.82, 2.24) is 4.89 Å². The van der Waals surface area contributed by atoms with E-state index in [1.807, 2.05) is 4.89 Å². The molecule has 1 rings (SSSR count). The lowest BCUT2D eigenvalue weighted by molar-refractivity contribution is 0.0799. The van der Waals surface area contributed by atoms with Gasteiger partial charge in [0.15, 0.2) is 11.5 Å². The van der Waals surface area contributed by atoms with Crippen LogP contribution in [0.1, 0.15) is 5.56 Å². The maximum absolute atomic E-state index is 10.8. The third kappa shape index (κ3) is 4.59. The van der Waals surface area contributed by atoms with E-state index in [-0.39, 0.29) is 6.61 Å². The predicted octanol–water partition coefficient (Wildman–Crippen LogP) is 0.685. The van der Waals surface area contributed by atoms with Gasteiger partial charge in [-0.25, -0.2) is 8.42 Å². The molecule has 0 aliphatic carbocycles. The summed E-state index contributed by atoms with van der Waals surface area (Å²) in [7, 11) is -0.285. The van der Waals surface area contributed by atoms with Crippen LogP contribution in [0.2, 0.25) is 0 Å². The van der Waals surface area contributed by atoms with Gasteiger partial charge in [-0.3, -0.25) is 4.84 Å². The number of hydrogen-bond donors (Lipinski definition) is 1. The first-order valence-corrected chi connectivity index (χ1v) is 6.65. The van der Waals surface area contributed by atoms with Gasteiger partial charge in [0.05, 0.1) is 27.1 Å². The van der Waals surface area contributed by atoms with E-state index in [2.05, 4.69) is 0 Å². The zero-order valence-corrected chi connectivity index (χ0v) is 10.7. The van der Waals surface area contributed by atoms with Crippen molar-refractivity contribution < 1.29 is 22.7 Å². The van der Waals surface area contributed by atoms with Crippen molar-refractivity contribution in [2.75, 3.05) is 20.5 Å². The van der Waals surface area contributed by atoms with Gasteiger partial charge in [-0.05, 0) is 17.7 Å². The summed E-state index contributed by atoms with van der Waals surface area (Å²) in [5, 5.41) is 0. The minimum absolute atomic E-state index is 0.105. The molecule has 0 amide bonds. The van der Waals surface area contributed by atoms with Gasteiger partial charge >= 0.3 is 0 Å². The van der Waals surface area contributed by atoms with E-state index < -0.39 is 10.0 Å². The summed E-state index contributed by atoms with van der Waals surface area (Å²) < 4.78 is 31.7. The highest BCUT2D eigenvalue weighted by molar-refractivity contribution is 7.88. The zero-order valence-electron chi connectivity index (χ0n) is 9.89. The van der Waals surface area contributed by atoms with Crippen LogP contribution in [0.3, 0.4) is 0 Å². The first-order valence-electron chi connectivity index (χ1n) is 4.75. The molecular weight excluding hydrogens is 246 g/mol. The molecule has 0 heterocycles. The third-order valence-electron chi connectivity index (χ3n) is 1.90. The second-order valence-electron chi connectivity index (χ2n) is 3.33. The van der Waals surface area contributed by atoms with Crippen LogP contribution >= 0.6 is 0 Å². The van der Waals surface area contributed by atoms with Crippen LogP contribution in [-0.2, 0) is 21.5 Å². The van der Waals surface area contributed by atoms with Crippen LogP contribution < -0.4 is 14.4 Å². The van der Waals surface area contributed by atoms with Gasteiger partial charge in [0.1, 0.15) is 0 Å². The number of methoxy groups -OCH3 is 2. The molecule has 0 atom stereocenters. The molecule has 0 radical (unpaired) electrons. The molecule has 0 aromatic heterocycles. The fourth-order valence-corrected chi connectivity index (χ4v) is 1.46. The van der Waals surface area contributed by atoms with Gasteiger partial charge < -0.3 is 9.47 Å². The molecule has 7 heteroatoms. The van der Waals surface area contributed by atoms with Gasteiger partial charge in [0.25, 0.3) is 0 Å². The second kappa shape index (κ2) is 5.85. The van der Waals surface area contributed by atoms with Gasteiger partial charge in [-0.15, -0.1) is 0 Å². The highest BCUT2D eigenvalue weighted by Crippen LogP contribution is 2.27. The van der Waals surface area contributed by atoms with E-state index in [0.717, 1.165) is 11.8 Å². The van der Waals surface area contributed by atoms with Gasteiger partial charge in [0, 0.05) is 0 Å². The van der Waals surface area contributed by atoms with Crippen molar-refractivity contribution in [2.45, 2.75) is 6.61 Å². The molecule has 0 bridgehead atoms. The van der Waals surface area contributed by atoms with Crippen molar-refractivity contribution in [3.63, 3.8) is 0 Å². The topological polar surface area (TPSA) is 73.9 Å². The number of benzene rings is 1. The van der Waals surface area contributed by atoms with Crippen LogP contribution in [0.25, 0.3) is 0 Å². The van der Waals surface area contributed by atoms with Crippen molar-refractivity contribution in [1.29, 1.82) is 0 Å². The third-order valence-corrected chi connectivity index (χ3v) is 2.32. The van der Waals surface area contributed by atoms with Crippen molar-refractivity contribution in [3.8, 4) is 11.5 Å². The number of rotatable bonds is 6. The molecule has 1 aromatic carbocycles. The minimum Gasteiger partial charge on any atom is -0.493 e. The Bertz CT molecular complexity index is 472. The van der Waals surface area contributed by atoms with E-state index in [1.165, 1.54) is 7.11 Å². The Morgan fingerprint density at radius 2 is 1.82 bits per heavy atom. The van der Waals surface area contributed by atoms with E-state index in [4.69, 9.17) is 14.3 Å². The van der Waals surface area contributed by atoms with Crippen molar-refractivity contribution >= 4 is 10.0 Å². The second-order valence-corrected chi connectivity index (χ2v) is 5.04. The van der Waals surface area contributed by atoms with E-state index >= 15 is 0 Å². The number of nitrogens with one attached hydrogen (secondary N) is 1. The summed E-state index contributed by atoms with van der Waals surface area (Å²) in [5.41, 5.74) is 0.763. The molecule has 0 aliphatic heterocycles. The molecule has 0 spiro atoms. The van der Waals surface area contributed by atoms with Crippen molar-refractivity contribution in [3.05, 3.63) is 23.8 Å². The van der Waals surface area contributed by atoms with Crippen LogP contribution in [-0.4, -0.2) is 28.9 Å². The first-order chi connectivity index (χ1) is 7.96. The minimum atomic E-state index is -3.35. The summed E-state index contributed by atoms with van der Waals surface area (Å²) in [6.07, 6.45) is 1.02. The van der Waals surface area contributed by atoms with Crippen LogP contribution in [0.4, 0.5) is 0 Å². The van der Waals surface area contributed by atoms with Gasteiger partial charge in [-0.2, -0.15) is 0 Å². The molecule has 1 N–H and O–H groups in total. The lowest BCUT2D eigenvalue weighted by Crippen LogP contribution is -2.21. The smallest absolute Gasteiger partial charge is 0.230 e. The molecule has 96 valence electrons. The molecule has 17 heavy (non-hydrogen) atoms. The normalized spacial score (nSPS) is 11.2.